The third-order valence-electron chi connectivity index (χ3n) is 5.02. The Morgan fingerprint density at radius 2 is 1.75 bits per heavy atom. The maximum atomic E-state index is 12.3. The fraction of sp³-hybridized carbons (Fsp3) is 0.259. The fourth-order valence-electron chi connectivity index (χ4n) is 3.50. The molecule has 0 unspecified atom stereocenters. The van der Waals surface area contributed by atoms with Crippen LogP contribution in [-0.2, 0) is 16.0 Å². The van der Waals surface area contributed by atoms with Gasteiger partial charge in [0.25, 0.3) is 0 Å². The van der Waals surface area contributed by atoms with Gasteiger partial charge in [0.2, 0.25) is 0 Å². The number of carboxylic acids is 1. The van der Waals surface area contributed by atoms with Crippen LogP contribution in [0.25, 0.3) is 16.8 Å². The van der Waals surface area contributed by atoms with Crippen molar-refractivity contribution in [2.75, 3.05) is 7.11 Å². The van der Waals surface area contributed by atoms with E-state index in [1.54, 1.807) is 25.1 Å². The molecule has 3 rings (SSSR count). The van der Waals surface area contributed by atoms with Gasteiger partial charge >= 0.3 is 11.9 Å². The molecule has 5 nitrogen and oxygen atoms in total. The van der Waals surface area contributed by atoms with Crippen molar-refractivity contribution >= 4 is 28.8 Å². The van der Waals surface area contributed by atoms with Crippen LogP contribution >= 0.6 is 0 Å². The van der Waals surface area contributed by atoms with Crippen molar-refractivity contribution in [3.8, 4) is 5.75 Å². The molecular formula is C27H28O5. The number of carbonyl (C=O) groups is 2. The number of hydrogen-bond acceptors (Lipinski definition) is 4. The average molecular weight is 433 g/mol. The van der Waals surface area contributed by atoms with Crippen molar-refractivity contribution in [2.45, 2.75) is 39.7 Å². The Bertz CT molecular complexity index is 1200. The summed E-state index contributed by atoms with van der Waals surface area (Å²) in [4.78, 5) is 23.6. The lowest BCUT2D eigenvalue weighted by Crippen LogP contribution is -2.24. The van der Waals surface area contributed by atoms with Gasteiger partial charge in [-0.05, 0) is 79.4 Å². The predicted molar refractivity (Wildman–Crippen MR) is 126 cm³/mol. The van der Waals surface area contributed by atoms with Gasteiger partial charge in [-0.1, -0.05) is 36.4 Å². The highest BCUT2D eigenvalue weighted by Crippen LogP contribution is 2.28. The minimum absolute atomic E-state index is 0.188. The zero-order chi connectivity index (χ0) is 23.5. The second-order valence-corrected chi connectivity index (χ2v) is 8.74. The van der Waals surface area contributed by atoms with Crippen molar-refractivity contribution in [2.24, 2.45) is 0 Å². The highest BCUT2D eigenvalue weighted by molar-refractivity contribution is 5.95. The van der Waals surface area contributed by atoms with Crippen molar-refractivity contribution in [1.82, 2.24) is 0 Å². The number of esters is 1. The Hall–Kier alpha value is -3.60. The molecule has 0 saturated carbocycles. The monoisotopic (exact) mass is 432 g/mol. The fourth-order valence-corrected chi connectivity index (χ4v) is 3.50. The number of aromatic carboxylic acids is 1. The minimum atomic E-state index is -0.989. The third kappa shape index (κ3) is 5.55. The van der Waals surface area contributed by atoms with Gasteiger partial charge in [0, 0.05) is 12.0 Å². The minimum Gasteiger partial charge on any atom is -0.496 e. The Kier molecular flexibility index (Phi) is 6.68. The number of carbonyl (C=O) groups excluding carboxylic acids is 1. The van der Waals surface area contributed by atoms with Crippen molar-refractivity contribution in [3.63, 3.8) is 0 Å². The van der Waals surface area contributed by atoms with Gasteiger partial charge in [-0.15, -0.1) is 0 Å². The van der Waals surface area contributed by atoms with E-state index < -0.39 is 11.6 Å². The lowest BCUT2D eigenvalue weighted by molar-refractivity contribution is -0.149. The number of ether oxygens (including phenoxy) is 2. The van der Waals surface area contributed by atoms with Gasteiger partial charge in [-0.25, -0.2) is 9.59 Å². The number of methoxy groups -OCH3 is 1. The molecule has 32 heavy (non-hydrogen) atoms. The van der Waals surface area contributed by atoms with Crippen LogP contribution in [-0.4, -0.2) is 29.8 Å². The first-order valence-corrected chi connectivity index (χ1v) is 10.4. The molecule has 1 N–H and O–H groups in total. The van der Waals surface area contributed by atoms with Crippen LogP contribution in [0.15, 0.2) is 60.2 Å². The van der Waals surface area contributed by atoms with Gasteiger partial charge < -0.3 is 14.6 Å². The predicted octanol–water partition coefficient (Wildman–Crippen LogP) is 5.88. The highest BCUT2D eigenvalue weighted by Gasteiger charge is 2.17. The zero-order valence-corrected chi connectivity index (χ0v) is 19.1. The van der Waals surface area contributed by atoms with Gasteiger partial charge in [0.1, 0.15) is 11.4 Å². The zero-order valence-electron chi connectivity index (χ0n) is 19.1. The summed E-state index contributed by atoms with van der Waals surface area (Å²) in [5.74, 6) is -0.787. The summed E-state index contributed by atoms with van der Waals surface area (Å²) in [6, 6.07) is 17.1. The summed E-state index contributed by atoms with van der Waals surface area (Å²) in [6.07, 6.45) is 2.41. The Morgan fingerprint density at radius 1 is 1.00 bits per heavy atom. The molecule has 3 aromatic carbocycles. The normalized spacial score (nSPS) is 12.0. The van der Waals surface area contributed by atoms with E-state index in [4.69, 9.17) is 9.47 Å². The topological polar surface area (TPSA) is 72.8 Å². The van der Waals surface area contributed by atoms with E-state index in [2.05, 4.69) is 6.07 Å². The van der Waals surface area contributed by atoms with E-state index in [1.165, 1.54) is 7.11 Å². The highest BCUT2D eigenvalue weighted by atomic mass is 16.6. The largest absolute Gasteiger partial charge is 0.496 e. The Labute approximate surface area is 188 Å². The lowest BCUT2D eigenvalue weighted by Gasteiger charge is -2.19. The summed E-state index contributed by atoms with van der Waals surface area (Å²) in [6.45, 7) is 7.28. The molecule has 0 spiro atoms. The molecule has 0 aliphatic heterocycles. The van der Waals surface area contributed by atoms with Crippen molar-refractivity contribution < 1.29 is 24.2 Å². The van der Waals surface area contributed by atoms with Gasteiger partial charge in [-0.3, -0.25) is 0 Å². The summed E-state index contributed by atoms with van der Waals surface area (Å²) in [5, 5.41) is 11.4. The molecule has 0 radical (unpaired) electrons. The van der Waals surface area contributed by atoms with E-state index in [9.17, 15) is 14.7 Å². The van der Waals surface area contributed by atoms with Crippen LogP contribution in [0.1, 0.15) is 54.7 Å². The molecule has 0 bridgehead atoms. The SMILES string of the molecule is COc1cc(C(=O)O)ccc1Cc1cccc2ccc(/C=C(\C)C(=O)OC(C)(C)C)cc12. The Morgan fingerprint density at radius 3 is 2.41 bits per heavy atom. The quantitative estimate of drug-likeness (QED) is 0.389. The number of carboxylic acid groups (broad SMARTS) is 1. The van der Waals surface area contributed by atoms with E-state index in [1.807, 2.05) is 57.2 Å². The summed E-state index contributed by atoms with van der Waals surface area (Å²) >= 11 is 0. The summed E-state index contributed by atoms with van der Waals surface area (Å²) in [5.41, 5.74) is 3.06. The second kappa shape index (κ2) is 9.27. The summed E-state index contributed by atoms with van der Waals surface area (Å²) < 4.78 is 10.9. The first-order chi connectivity index (χ1) is 15.1. The number of fused-ring (bicyclic) bond motifs is 1. The van der Waals surface area contributed by atoms with E-state index >= 15 is 0 Å². The summed E-state index contributed by atoms with van der Waals surface area (Å²) in [7, 11) is 1.54. The van der Waals surface area contributed by atoms with Crippen molar-refractivity contribution in [1.29, 1.82) is 0 Å². The van der Waals surface area contributed by atoms with Gasteiger partial charge in [-0.2, -0.15) is 0 Å². The van der Waals surface area contributed by atoms with Crippen molar-refractivity contribution in [3.05, 3.63) is 82.4 Å². The average Bonchev–Trinajstić information content (AvgIpc) is 2.73. The van der Waals surface area contributed by atoms with E-state index in [-0.39, 0.29) is 11.5 Å². The maximum Gasteiger partial charge on any atom is 0.335 e. The first kappa shape index (κ1) is 23.1. The lowest BCUT2D eigenvalue weighted by atomic mass is 9.95. The number of rotatable bonds is 6. The smallest absolute Gasteiger partial charge is 0.335 e. The maximum absolute atomic E-state index is 12.3. The number of hydrogen-bond donors (Lipinski definition) is 1. The van der Waals surface area contributed by atoms with Crippen LogP contribution in [0.4, 0.5) is 0 Å². The van der Waals surface area contributed by atoms with Gasteiger partial charge in [0.15, 0.2) is 0 Å². The number of benzene rings is 3. The molecule has 166 valence electrons. The van der Waals surface area contributed by atoms with Gasteiger partial charge in [0.05, 0.1) is 12.7 Å². The molecule has 5 heteroatoms. The third-order valence-corrected chi connectivity index (χ3v) is 5.02. The molecule has 0 aliphatic rings. The van der Waals surface area contributed by atoms with Crippen LogP contribution < -0.4 is 4.74 Å². The molecule has 0 atom stereocenters. The molecule has 0 heterocycles. The molecule has 0 fully saturated rings. The second-order valence-electron chi connectivity index (χ2n) is 8.74. The molecule has 0 amide bonds. The molecule has 0 aliphatic carbocycles. The van der Waals surface area contributed by atoms with Crippen LogP contribution in [0, 0.1) is 0 Å². The van der Waals surface area contributed by atoms with E-state index in [0.717, 1.165) is 27.5 Å². The van der Waals surface area contributed by atoms with E-state index in [0.29, 0.717) is 17.7 Å². The molecule has 0 saturated heterocycles. The van der Waals surface area contributed by atoms with Crippen LogP contribution in [0.3, 0.4) is 0 Å². The molecule has 0 aromatic heterocycles. The Balaban J connectivity index is 1.97. The standard InChI is InChI=1S/C27H28O5/c1-17(26(30)32-27(2,3)4)13-18-9-10-19-7-6-8-20(23(19)14-18)15-21-11-12-22(25(28)29)16-24(21)31-5/h6-14,16H,15H2,1-5H3,(H,28,29)/b17-13+. The molecular weight excluding hydrogens is 404 g/mol. The van der Waals surface area contributed by atoms with Crippen LogP contribution in [0.5, 0.6) is 5.75 Å². The van der Waals surface area contributed by atoms with Crippen LogP contribution in [0.2, 0.25) is 0 Å². The first-order valence-electron chi connectivity index (χ1n) is 10.4. The molecule has 3 aromatic rings.